The highest BCUT2D eigenvalue weighted by Gasteiger charge is 2.12. The highest BCUT2D eigenvalue weighted by molar-refractivity contribution is 6.35. The van der Waals surface area contributed by atoms with Crippen LogP contribution in [0.5, 0.6) is 5.75 Å². The number of rotatable bonds is 10. The van der Waals surface area contributed by atoms with Crippen LogP contribution in [0, 0.1) is 0 Å². The molecule has 3 rings (SSSR count). The van der Waals surface area contributed by atoms with Crippen LogP contribution in [0.1, 0.15) is 42.0 Å². The monoisotopic (exact) mass is 486 g/mol. The number of ether oxygens (including phenoxy) is 1. The van der Waals surface area contributed by atoms with Crippen LogP contribution in [0.3, 0.4) is 0 Å². The molecular formula is C28H30N4O4. The Morgan fingerprint density at radius 2 is 1.44 bits per heavy atom. The van der Waals surface area contributed by atoms with Gasteiger partial charge in [-0.2, -0.15) is 5.10 Å². The normalized spacial score (nSPS) is 10.8. The summed E-state index contributed by atoms with van der Waals surface area (Å²) in [6, 6.07) is 24.3. The zero-order valence-electron chi connectivity index (χ0n) is 20.4. The summed E-state index contributed by atoms with van der Waals surface area (Å²) in [5.41, 5.74) is 6.01. The number of amides is 3. The van der Waals surface area contributed by atoms with Gasteiger partial charge in [-0.1, -0.05) is 68.4 Å². The maximum atomic E-state index is 12.0. The Morgan fingerprint density at radius 3 is 2.11 bits per heavy atom. The summed E-state index contributed by atoms with van der Waals surface area (Å²) in [4.78, 5) is 35.9. The van der Waals surface area contributed by atoms with Crippen LogP contribution in [-0.4, -0.2) is 30.5 Å². The van der Waals surface area contributed by atoms with Crippen LogP contribution in [-0.2, 0) is 27.5 Å². The molecule has 0 saturated carbocycles. The van der Waals surface area contributed by atoms with Crippen molar-refractivity contribution in [2.24, 2.45) is 5.10 Å². The van der Waals surface area contributed by atoms with E-state index < -0.39 is 11.8 Å². The molecular weight excluding hydrogens is 456 g/mol. The molecule has 0 fully saturated rings. The Morgan fingerprint density at radius 1 is 0.806 bits per heavy atom. The number of hydrogen-bond acceptors (Lipinski definition) is 5. The number of carbonyl (C=O) groups is 3. The Balaban J connectivity index is 1.36. The lowest BCUT2D eigenvalue weighted by molar-refractivity contribution is -0.139. The summed E-state index contributed by atoms with van der Waals surface area (Å²) >= 11 is 0. The van der Waals surface area contributed by atoms with Crippen molar-refractivity contribution < 1.29 is 19.1 Å². The van der Waals surface area contributed by atoms with E-state index in [1.165, 1.54) is 11.8 Å². The first kappa shape index (κ1) is 26.2. The lowest BCUT2D eigenvalue weighted by Gasteiger charge is -2.08. The minimum absolute atomic E-state index is 0.104. The third-order valence-electron chi connectivity index (χ3n) is 5.27. The van der Waals surface area contributed by atoms with Crippen LogP contribution >= 0.6 is 0 Å². The fourth-order valence-corrected chi connectivity index (χ4v) is 3.15. The lowest BCUT2D eigenvalue weighted by Crippen LogP contribution is -2.37. The largest absolute Gasteiger partial charge is 0.484 e. The van der Waals surface area contributed by atoms with Crippen molar-refractivity contribution in [3.05, 3.63) is 101 Å². The van der Waals surface area contributed by atoms with Crippen LogP contribution in [0.15, 0.2) is 84.0 Å². The van der Waals surface area contributed by atoms with E-state index in [1.54, 1.807) is 24.3 Å². The van der Waals surface area contributed by atoms with Gasteiger partial charge >= 0.3 is 11.8 Å². The van der Waals surface area contributed by atoms with E-state index in [-0.39, 0.29) is 19.1 Å². The first-order chi connectivity index (χ1) is 17.4. The molecule has 8 heteroatoms. The maximum absolute atomic E-state index is 12.0. The lowest BCUT2D eigenvalue weighted by atomic mass is 10.0. The molecule has 0 aromatic heterocycles. The van der Waals surface area contributed by atoms with E-state index in [0.717, 1.165) is 11.1 Å². The van der Waals surface area contributed by atoms with Crippen molar-refractivity contribution >= 4 is 23.9 Å². The zero-order chi connectivity index (χ0) is 25.8. The van der Waals surface area contributed by atoms with Crippen LogP contribution in [0.4, 0.5) is 0 Å². The molecule has 0 saturated heterocycles. The molecule has 0 unspecified atom stereocenters. The molecule has 3 aromatic rings. The predicted octanol–water partition coefficient (Wildman–Crippen LogP) is 3.27. The summed E-state index contributed by atoms with van der Waals surface area (Å²) in [6.45, 7) is 4.80. The first-order valence-corrected chi connectivity index (χ1v) is 11.6. The fraction of sp³-hybridized carbons (Fsp3) is 0.214. The molecule has 186 valence electrons. The quantitative estimate of drug-likeness (QED) is 0.232. The minimum Gasteiger partial charge on any atom is -0.484 e. The average Bonchev–Trinajstić information content (AvgIpc) is 2.90. The number of nitrogens with zero attached hydrogens (tertiary/aromatic N) is 1. The number of nitrogens with one attached hydrogen (secondary N) is 3. The third kappa shape index (κ3) is 8.72. The molecule has 3 N–H and O–H groups in total. The number of hydrogen-bond donors (Lipinski definition) is 3. The van der Waals surface area contributed by atoms with Gasteiger partial charge in [-0.05, 0) is 52.4 Å². The molecule has 0 radical (unpaired) electrons. The summed E-state index contributed by atoms with van der Waals surface area (Å²) in [5, 5.41) is 9.18. The Labute approximate surface area is 210 Å². The molecule has 0 aliphatic carbocycles. The zero-order valence-corrected chi connectivity index (χ0v) is 20.4. The van der Waals surface area contributed by atoms with E-state index in [4.69, 9.17) is 4.74 Å². The van der Waals surface area contributed by atoms with E-state index in [1.807, 2.05) is 54.6 Å². The van der Waals surface area contributed by atoms with Gasteiger partial charge in [-0.15, -0.1) is 0 Å². The molecule has 0 aliphatic rings. The smallest absolute Gasteiger partial charge is 0.329 e. The van der Waals surface area contributed by atoms with Gasteiger partial charge in [0.1, 0.15) is 5.75 Å². The maximum Gasteiger partial charge on any atom is 0.329 e. The minimum atomic E-state index is -0.855. The average molecular weight is 487 g/mol. The first-order valence-electron chi connectivity index (χ1n) is 11.6. The molecule has 3 amide bonds. The van der Waals surface area contributed by atoms with Crippen molar-refractivity contribution in [1.82, 2.24) is 16.1 Å². The van der Waals surface area contributed by atoms with E-state index in [9.17, 15) is 14.4 Å². The topological polar surface area (TPSA) is 109 Å². The van der Waals surface area contributed by atoms with Gasteiger partial charge in [0, 0.05) is 13.1 Å². The van der Waals surface area contributed by atoms with Gasteiger partial charge < -0.3 is 15.4 Å². The van der Waals surface area contributed by atoms with E-state index in [0.29, 0.717) is 23.8 Å². The Bertz CT molecular complexity index is 1170. The van der Waals surface area contributed by atoms with Crippen molar-refractivity contribution in [2.75, 3.05) is 6.61 Å². The number of benzene rings is 3. The Hall–Kier alpha value is -4.46. The van der Waals surface area contributed by atoms with Gasteiger partial charge in [0.05, 0.1) is 6.21 Å². The van der Waals surface area contributed by atoms with Gasteiger partial charge in [0.15, 0.2) is 6.61 Å². The van der Waals surface area contributed by atoms with Gasteiger partial charge in [0.25, 0.3) is 5.91 Å². The molecule has 8 nitrogen and oxygen atoms in total. The summed E-state index contributed by atoms with van der Waals surface area (Å²) in [7, 11) is 0. The van der Waals surface area contributed by atoms with Crippen LogP contribution in [0.2, 0.25) is 0 Å². The van der Waals surface area contributed by atoms with Gasteiger partial charge in [-0.3, -0.25) is 14.4 Å². The second-order valence-electron chi connectivity index (χ2n) is 8.40. The number of carbonyl (C=O) groups excluding carboxylic acids is 3. The van der Waals surface area contributed by atoms with Crippen molar-refractivity contribution in [3.8, 4) is 5.75 Å². The van der Waals surface area contributed by atoms with Crippen molar-refractivity contribution in [2.45, 2.75) is 32.9 Å². The van der Waals surface area contributed by atoms with Crippen molar-refractivity contribution in [3.63, 3.8) is 0 Å². The fourth-order valence-electron chi connectivity index (χ4n) is 3.15. The van der Waals surface area contributed by atoms with Gasteiger partial charge in [0.2, 0.25) is 0 Å². The molecule has 0 bridgehead atoms. The predicted molar refractivity (Wildman–Crippen MR) is 138 cm³/mol. The van der Waals surface area contributed by atoms with Gasteiger partial charge in [-0.25, -0.2) is 5.43 Å². The van der Waals surface area contributed by atoms with Crippen LogP contribution < -0.4 is 20.8 Å². The second-order valence-corrected chi connectivity index (χ2v) is 8.40. The highest BCUT2D eigenvalue weighted by atomic mass is 16.5. The standard InChI is InChI=1S/C28H30N4O4/c1-20(2)24-12-8-22(9-13-24)17-30-27(34)28(35)32-31-18-23-10-14-25(15-11-23)36-19-26(33)29-16-21-6-4-3-5-7-21/h3-15,18,20H,16-17,19H2,1-2H3,(H,29,33)(H,30,34)(H,32,35)/b31-18-. The SMILES string of the molecule is CC(C)c1ccc(CNC(=O)C(=O)N/N=C\c2ccc(OCC(=O)NCc3ccccc3)cc2)cc1. The molecule has 3 aromatic carbocycles. The summed E-state index contributed by atoms with van der Waals surface area (Å²) in [5.74, 6) is -0.900. The summed E-state index contributed by atoms with van der Waals surface area (Å²) in [6.07, 6.45) is 1.41. The third-order valence-corrected chi connectivity index (χ3v) is 5.27. The molecule has 0 aliphatic heterocycles. The molecule has 36 heavy (non-hydrogen) atoms. The Kier molecular flexibility index (Phi) is 9.76. The second kappa shape index (κ2) is 13.4. The number of hydrazone groups is 1. The molecule has 0 atom stereocenters. The summed E-state index contributed by atoms with van der Waals surface area (Å²) < 4.78 is 5.49. The van der Waals surface area contributed by atoms with E-state index in [2.05, 4.69) is 35.0 Å². The van der Waals surface area contributed by atoms with Crippen molar-refractivity contribution in [1.29, 1.82) is 0 Å². The molecule has 0 heterocycles. The van der Waals surface area contributed by atoms with E-state index >= 15 is 0 Å². The highest BCUT2D eigenvalue weighted by Crippen LogP contribution is 2.14. The molecule has 0 spiro atoms. The van der Waals surface area contributed by atoms with Crippen LogP contribution in [0.25, 0.3) is 0 Å².